The highest BCUT2D eigenvalue weighted by Crippen LogP contribution is 2.29. The predicted octanol–water partition coefficient (Wildman–Crippen LogP) is 4.47. The average Bonchev–Trinajstić information content (AvgIpc) is 3.04. The number of aryl methyl sites for hydroxylation is 1. The van der Waals surface area contributed by atoms with Crippen molar-refractivity contribution >= 4 is 23.4 Å². The molecule has 3 rings (SSSR count). The van der Waals surface area contributed by atoms with E-state index in [-0.39, 0.29) is 5.82 Å². The van der Waals surface area contributed by atoms with Crippen LogP contribution >= 0.6 is 23.4 Å². The average molecular weight is 338 g/mol. The smallest absolute Gasteiger partial charge is 0.191 e. The van der Waals surface area contributed by atoms with Crippen LogP contribution in [0.4, 0.5) is 4.39 Å². The quantitative estimate of drug-likeness (QED) is 0.659. The van der Waals surface area contributed by atoms with E-state index in [1.165, 1.54) is 23.9 Å². The number of halogens is 2. The van der Waals surface area contributed by atoms with E-state index in [1.54, 1.807) is 12.3 Å². The van der Waals surface area contributed by atoms with Crippen LogP contribution in [-0.2, 0) is 12.8 Å². The first kappa shape index (κ1) is 15.1. The van der Waals surface area contributed by atoms with Crippen LogP contribution in [0, 0.1) is 12.7 Å². The van der Waals surface area contributed by atoms with Crippen molar-refractivity contribution in [3.8, 4) is 11.4 Å². The van der Waals surface area contributed by atoms with Crippen LogP contribution in [0.3, 0.4) is 0 Å². The molecular weight excluding hydrogens is 325 g/mol. The SMILES string of the molecule is Cc1occc1-c1nnc(SCc2ccc(F)cc2Cl)n1C. The highest BCUT2D eigenvalue weighted by molar-refractivity contribution is 7.98. The van der Waals surface area contributed by atoms with E-state index in [4.69, 9.17) is 16.0 Å². The molecule has 0 aliphatic rings. The van der Waals surface area contributed by atoms with Gasteiger partial charge >= 0.3 is 0 Å². The third kappa shape index (κ3) is 2.89. The zero-order valence-electron chi connectivity index (χ0n) is 12.0. The summed E-state index contributed by atoms with van der Waals surface area (Å²) < 4.78 is 20.2. The lowest BCUT2D eigenvalue weighted by Gasteiger charge is -2.05. The molecule has 22 heavy (non-hydrogen) atoms. The number of rotatable bonds is 4. The Kier molecular flexibility index (Phi) is 4.22. The van der Waals surface area contributed by atoms with Gasteiger partial charge in [0.05, 0.1) is 11.8 Å². The number of nitrogens with zero attached hydrogens (tertiary/aromatic N) is 3. The van der Waals surface area contributed by atoms with E-state index in [1.807, 2.05) is 24.6 Å². The second kappa shape index (κ2) is 6.14. The number of hydrogen-bond acceptors (Lipinski definition) is 4. The molecule has 114 valence electrons. The van der Waals surface area contributed by atoms with Gasteiger partial charge < -0.3 is 8.98 Å². The first-order valence-electron chi connectivity index (χ1n) is 6.57. The molecule has 0 aliphatic heterocycles. The Morgan fingerprint density at radius 3 is 2.82 bits per heavy atom. The number of aromatic nitrogens is 3. The molecule has 2 heterocycles. The van der Waals surface area contributed by atoms with Gasteiger partial charge in [0.25, 0.3) is 0 Å². The Labute approximate surface area is 136 Å². The third-order valence-corrected chi connectivity index (χ3v) is 4.73. The van der Waals surface area contributed by atoms with Gasteiger partial charge in [0.2, 0.25) is 0 Å². The molecule has 0 aliphatic carbocycles. The number of thioether (sulfide) groups is 1. The maximum Gasteiger partial charge on any atom is 0.191 e. The first-order chi connectivity index (χ1) is 10.6. The van der Waals surface area contributed by atoms with Crippen molar-refractivity contribution in [2.75, 3.05) is 0 Å². The summed E-state index contributed by atoms with van der Waals surface area (Å²) in [6.45, 7) is 1.88. The van der Waals surface area contributed by atoms with Crippen molar-refractivity contribution in [1.29, 1.82) is 0 Å². The summed E-state index contributed by atoms with van der Waals surface area (Å²) in [5.41, 5.74) is 1.78. The molecule has 0 N–H and O–H groups in total. The molecule has 0 saturated carbocycles. The fourth-order valence-electron chi connectivity index (χ4n) is 2.07. The van der Waals surface area contributed by atoms with Gasteiger partial charge in [0.15, 0.2) is 11.0 Å². The monoisotopic (exact) mass is 337 g/mol. The highest BCUT2D eigenvalue weighted by Gasteiger charge is 2.15. The molecule has 1 aromatic carbocycles. The van der Waals surface area contributed by atoms with Crippen LogP contribution in [-0.4, -0.2) is 14.8 Å². The topological polar surface area (TPSA) is 43.9 Å². The molecule has 0 atom stereocenters. The van der Waals surface area contributed by atoms with Gasteiger partial charge in [-0.1, -0.05) is 29.4 Å². The second-order valence-electron chi connectivity index (χ2n) is 4.78. The molecule has 7 heteroatoms. The number of hydrogen-bond donors (Lipinski definition) is 0. The van der Waals surface area contributed by atoms with E-state index in [9.17, 15) is 4.39 Å². The van der Waals surface area contributed by atoms with Crippen LogP contribution < -0.4 is 0 Å². The lowest BCUT2D eigenvalue weighted by atomic mass is 10.2. The van der Waals surface area contributed by atoms with Crippen LogP contribution in [0.1, 0.15) is 11.3 Å². The molecule has 2 aromatic heterocycles. The normalized spacial score (nSPS) is 11.1. The zero-order valence-corrected chi connectivity index (χ0v) is 13.6. The second-order valence-corrected chi connectivity index (χ2v) is 6.13. The molecule has 0 bridgehead atoms. The molecule has 0 fully saturated rings. The standard InChI is InChI=1S/C15H13ClFN3OS/c1-9-12(5-6-21-9)14-18-19-15(20(14)2)22-8-10-3-4-11(17)7-13(10)16/h3-7H,8H2,1-2H3. The molecule has 0 saturated heterocycles. The summed E-state index contributed by atoms with van der Waals surface area (Å²) in [5, 5.41) is 9.58. The van der Waals surface area contributed by atoms with Crippen molar-refractivity contribution in [2.45, 2.75) is 17.8 Å². The summed E-state index contributed by atoms with van der Waals surface area (Å²) in [7, 11) is 1.90. The maximum atomic E-state index is 13.0. The van der Waals surface area contributed by atoms with Gasteiger partial charge in [-0.2, -0.15) is 0 Å². The zero-order chi connectivity index (χ0) is 15.7. The van der Waals surface area contributed by atoms with Gasteiger partial charge in [0, 0.05) is 17.8 Å². The minimum atomic E-state index is -0.338. The van der Waals surface area contributed by atoms with Gasteiger partial charge in [-0.05, 0) is 30.7 Å². The molecule has 0 unspecified atom stereocenters. The fraction of sp³-hybridized carbons (Fsp3) is 0.200. The summed E-state index contributed by atoms with van der Waals surface area (Å²) in [5.74, 6) is 1.80. The largest absolute Gasteiger partial charge is 0.469 e. The Bertz CT molecular complexity index is 815. The Morgan fingerprint density at radius 1 is 1.32 bits per heavy atom. The van der Waals surface area contributed by atoms with Gasteiger partial charge in [-0.15, -0.1) is 10.2 Å². The van der Waals surface area contributed by atoms with E-state index >= 15 is 0 Å². The minimum Gasteiger partial charge on any atom is -0.469 e. The first-order valence-corrected chi connectivity index (χ1v) is 7.93. The molecule has 0 amide bonds. The molecule has 0 radical (unpaired) electrons. The van der Waals surface area contributed by atoms with Crippen molar-refractivity contribution in [3.05, 3.63) is 52.7 Å². The Hall–Kier alpha value is -1.79. The van der Waals surface area contributed by atoms with Crippen molar-refractivity contribution in [2.24, 2.45) is 7.05 Å². The van der Waals surface area contributed by atoms with E-state index in [0.29, 0.717) is 10.8 Å². The summed E-state index contributed by atoms with van der Waals surface area (Å²) in [6.07, 6.45) is 1.63. The number of furan rings is 1. The summed E-state index contributed by atoms with van der Waals surface area (Å²) >= 11 is 7.53. The van der Waals surface area contributed by atoms with Crippen LogP contribution in [0.5, 0.6) is 0 Å². The van der Waals surface area contributed by atoms with E-state index in [2.05, 4.69) is 10.2 Å². The van der Waals surface area contributed by atoms with Gasteiger partial charge in [0.1, 0.15) is 11.6 Å². The van der Waals surface area contributed by atoms with Gasteiger partial charge in [-0.25, -0.2) is 4.39 Å². The molecular formula is C15H13ClFN3OS. The summed E-state index contributed by atoms with van der Waals surface area (Å²) in [6, 6.07) is 6.26. The Morgan fingerprint density at radius 2 is 2.14 bits per heavy atom. The van der Waals surface area contributed by atoms with Crippen LogP contribution in [0.2, 0.25) is 5.02 Å². The maximum absolute atomic E-state index is 13.0. The van der Waals surface area contributed by atoms with Crippen LogP contribution in [0.25, 0.3) is 11.4 Å². The van der Waals surface area contributed by atoms with E-state index < -0.39 is 0 Å². The van der Waals surface area contributed by atoms with Crippen molar-refractivity contribution in [1.82, 2.24) is 14.8 Å². The molecule has 3 aromatic rings. The highest BCUT2D eigenvalue weighted by atomic mass is 35.5. The van der Waals surface area contributed by atoms with Gasteiger partial charge in [-0.3, -0.25) is 0 Å². The summed E-state index contributed by atoms with van der Waals surface area (Å²) in [4.78, 5) is 0. The van der Waals surface area contributed by atoms with Crippen molar-refractivity contribution < 1.29 is 8.81 Å². The number of benzene rings is 1. The fourth-order valence-corrected chi connectivity index (χ4v) is 3.30. The lowest BCUT2D eigenvalue weighted by molar-refractivity contribution is 0.534. The Balaban J connectivity index is 1.79. The third-order valence-electron chi connectivity index (χ3n) is 3.31. The molecule has 4 nitrogen and oxygen atoms in total. The van der Waals surface area contributed by atoms with E-state index in [0.717, 1.165) is 27.9 Å². The van der Waals surface area contributed by atoms with Crippen LogP contribution in [0.15, 0.2) is 40.1 Å². The minimum absolute atomic E-state index is 0.338. The van der Waals surface area contributed by atoms with Crippen molar-refractivity contribution in [3.63, 3.8) is 0 Å². The molecule has 0 spiro atoms. The predicted molar refractivity (Wildman–Crippen MR) is 84.4 cm³/mol. The lowest BCUT2D eigenvalue weighted by Crippen LogP contribution is -1.95.